The molecule has 0 fully saturated rings. The molecule has 0 spiro atoms. The molecule has 0 saturated heterocycles. The van der Waals surface area contributed by atoms with Crippen LogP contribution in [0.4, 0.5) is 0 Å². The summed E-state index contributed by atoms with van der Waals surface area (Å²) in [4.78, 5) is 25.4. The summed E-state index contributed by atoms with van der Waals surface area (Å²) < 4.78 is 0. The highest BCUT2D eigenvalue weighted by Crippen LogP contribution is 2.07. The highest BCUT2D eigenvalue weighted by Gasteiger charge is 2.18. The van der Waals surface area contributed by atoms with E-state index in [-0.39, 0.29) is 11.8 Å². The first-order valence-electron chi connectivity index (χ1n) is 6.20. The smallest absolute Gasteiger partial charge is 0.251 e. The zero-order valence-electron chi connectivity index (χ0n) is 11.4. The fourth-order valence-electron chi connectivity index (χ4n) is 1.57. The second kappa shape index (κ2) is 7.14. The Balaban J connectivity index is 2.65. The van der Waals surface area contributed by atoms with Gasteiger partial charge in [0.25, 0.3) is 5.91 Å². The monoisotopic (exact) mass is 282 g/mol. The fourth-order valence-corrected chi connectivity index (χ4v) is 1.75. The molecular weight excluding hydrogens is 264 g/mol. The van der Waals surface area contributed by atoms with Crippen molar-refractivity contribution >= 4 is 23.4 Å². The first-order valence-corrected chi connectivity index (χ1v) is 6.73. The maximum Gasteiger partial charge on any atom is 0.251 e. The van der Waals surface area contributed by atoms with Gasteiger partial charge in [-0.2, -0.15) is 0 Å². The third-order valence-corrected chi connectivity index (χ3v) is 3.25. The number of amides is 2. The van der Waals surface area contributed by atoms with Crippen molar-refractivity contribution in [2.75, 3.05) is 13.6 Å². The van der Waals surface area contributed by atoms with Crippen LogP contribution in [-0.2, 0) is 10.7 Å². The number of benzene rings is 1. The van der Waals surface area contributed by atoms with Crippen LogP contribution >= 0.6 is 11.6 Å². The number of nitrogens with one attached hydrogen (secondary N) is 1. The average Bonchev–Trinajstić information content (AvgIpc) is 2.45. The second-order valence-electron chi connectivity index (χ2n) is 4.38. The van der Waals surface area contributed by atoms with Gasteiger partial charge in [0.05, 0.1) is 0 Å². The molecule has 1 aromatic rings. The molecule has 0 aliphatic carbocycles. The van der Waals surface area contributed by atoms with Gasteiger partial charge in [0.1, 0.15) is 6.04 Å². The Bertz CT molecular complexity index is 445. The van der Waals surface area contributed by atoms with Crippen LogP contribution < -0.4 is 5.32 Å². The van der Waals surface area contributed by atoms with Crippen LogP contribution in [0.15, 0.2) is 24.3 Å². The highest BCUT2D eigenvalue weighted by molar-refractivity contribution is 6.17. The Labute approximate surface area is 118 Å². The van der Waals surface area contributed by atoms with E-state index in [1.54, 1.807) is 43.1 Å². The molecule has 0 radical (unpaired) electrons. The van der Waals surface area contributed by atoms with Gasteiger partial charge in [0, 0.05) is 25.0 Å². The number of likely N-dealkylation sites (N-methyl/N-ethyl adjacent to an activating group) is 1. The van der Waals surface area contributed by atoms with Crippen molar-refractivity contribution in [3.8, 4) is 0 Å². The summed E-state index contributed by atoms with van der Waals surface area (Å²) >= 11 is 5.68. The van der Waals surface area contributed by atoms with E-state index in [1.165, 1.54) is 0 Å². The maximum atomic E-state index is 12.0. The normalized spacial score (nSPS) is 11.8. The van der Waals surface area contributed by atoms with Gasteiger partial charge in [0.2, 0.25) is 5.91 Å². The van der Waals surface area contributed by atoms with E-state index < -0.39 is 6.04 Å². The Kier molecular flexibility index (Phi) is 5.83. The highest BCUT2D eigenvalue weighted by atomic mass is 35.5. The van der Waals surface area contributed by atoms with Crippen molar-refractivity contribution in [2.24, 2.45) is 0 Å². The lowest BCUT2D eigenvalue weighted by molar-refractivity contribution is -0.131. The lowest BCUT2D eigenvalue weighted by Gasteiger charge is -2.20. The first kappa shape index (κ1) is 15.5. The summed E-state index contributed by atoms with van der Waals surface area (Å²) in [6, 6.07) is 6.46. The van der Waals surface area contributed by atoms with E-state index in [0.717, 1.165) is 5.56 Å². The number of halogens is 1. The number of carbonyl (C=O) groups excluding carboxylic acids is 2. The third kappa shape index (κ3) is 4.24. The molecule has 0 heterocycles. The number of hydrogen-bond acceptors (Lipinski definition) is 2. The van der Waals surface area contributed by atoms with Gasteiger partial charge in [-0.15, -0.1) is 11.6 Å². The lowest BCUT2D eigenvalue weighted by Crippen LogP contribution is -2.45. The average molecular weight is 283 g/mol. The van der Waals surface area contributed by atoms with Crippen LogP contribution in [-0.4, -0.2) is 36.3 Å². The molecule has 1 rings (SSSR count). The minimum Gasteiger partial charge on any atom is -0.344 e. The van der Waals surface area contributed by atoms with E-state index in [1.807, 2.05) is 6.92 Å². The Morgan fingerprint density at radius 2 is 1.89 bits per heavy atom. The molecule has 0 saturated carbocycles. The number of carbonyl (C=O) groups is 2. The molecule has 104 valence electrons. The Morgan fingerprint density at radius 1 is 1.32 bits per heavy atom. The van der Waals surface area contributed by atoms with Crippen molar-refractivity contribution in [1.82, 2.24) is 10.2 Å². The predicted octanol–water partition coefficient (Wildman–Crippen LogP) is 2.02. The van der Waals surface area contributed by atoms with Crippen molar-refractivity contribution in [2.45, 2.75) is 25.8 Å². The maximum absolute atomic E-state index is 12.0. The molecule has 19 heavy (non-hydrogen) atoms. The molecule has 0 aliphatic heterocycles. The SMILES string of the molecule is CCN(C)C(=O)C(C)NC(=O)c1ccc(CCl)cc1. The van der Waals surface area contributed by atoms with E-state index in [0.29, 0.717) is 18.0 Å². The number of rotatable bonds is 5. The lowest BCUT2D eigenvalue weighted by atomic mass is 10.1. The van der Waals surface area contributed by atoms with Gasteiger partial charge in [0.15, 0.2) is 0 Å². The molecule has 0 aliphatic rings. The molecule has 0 aromatic heterocycles. The first-order chi connectivity index (χ1) is 8.99. The van der Waals surface area contributed by atoms with Gasteiger partial charge in [-0.25, -0.2) is 0 Å². The predicted molar refractivity (Wildman–Crippen MR) is 76.2 cm³/mol. The fraction of sp³-hybridized carbons (Fsp3) is 0.429. The zero-order valence-corrected chi connectivity index (χ0v) is 12.2. The Morgan fingerprint density at radius 3 is 2.37 bits per heavy atom. The van der Waals surface area contributed by atoms with Crippen LogP contribution in [0.3, 0.4) is 0 Å². The molecule has 0 bridgehead atoms. The summed E-state index contributed by atoms with van der Waals surface area (Å²) in [5, 5.41) is 2.69. The van der Waals surface area contributed by atoms with Gasteiger partial charge in [-0.05, 0) is 31.5 Å². The van der Waals surface area contributed by atoms with Gasteiger partial charge in [-0.1, -0.05) is 12.1 Å². The molecule has 5 heteroatoms. The van der Waals surface area contributed by atoms with Crippen molar-refractivity contribution in [1.29, 1.82) is 0 Å². The largest absolute Gasteiger partial charge is 0.344 e. The van der Waals surface area contributed by atoms with Crippen molar-refractivity contribution in [3.63, 3.8) is 0 Å². The topological polar surface area (TPSA) is 49.4 Å². The van der Waals surface area contributed by atoms with Crippen LogP contribution in [0.5, 0.6) is 0 Å². The van der Waals surface area contributed by atoms with Crippen molar-refractivity contribution in [3.05, 3.63) is 35.4 Å². The van der Waals surface area contributed by atoms with Crippen LogP contribution in [0, 0.1) is 0 Å². The summed E-state index contributed by atoms with van der Waals surface area (Å²) in [6.07, 6.45) is 0. The summed E-state index contributed by atoms with van der Waals surface area (Å²) in [7, 11) is 1.71. The van der Waals surface area contributed by atoms with E-state index in [4.69, 9.17) is 11.6 Å². The quantitative estimate of drug-likeness (QED) is 0.840. The van der Waals surface area contributed by atoms with Crippen LogP contribution in [0.1, 0.15) is 29.8 Å². The van der Waals surface area contributed by atoms with Crippen molar-refractivity contribution < 1.29 is 9.59 Å². The van der Waals surface area contributed by atoms with Crippen LogP contribution in [0.2, 0.25) is 0 Å². The summed E-state index contributed by atoms with van der Waals surface area (Å²) in [6.45, 7) is 4.18. The van der Waals surface area contributed by atoms with E-state index >= 15 is 0 Å². The second-order valence-corrected chi connectivity index (χ2v) is 4.65. The number of alkyl halides is 1. The summed E-state index contributed by atoms with van der Waals surface area (Å²) in [5.41, 5.74) is 1.47. The molecule has 1 atom stereocenters. The van der Waals surface area contributed by atoms with Gasteiger partial charge < -0.3 is 10.2 Å². The molecule has 4 nitrogen and oxygen atoms in total. The zero-order chi connectivity index (χ0) is 14.4. The molecule has 1 unspecified atom stereocenters. The molecule has 2 amide bonds. The minimum absolute atomic E-state index is 0.103. The number of nitrogens with zero attached hydrogens (tertiary/aromatic N) is 1. The van der Waals surface area contributed by atoms with E-state index in [2.05, 4.69) is 5.32 Å². The minimum atomic E-state index is -0.537. The molecular formula is C14H19ClN2O2. The molecule has 1 N–H and O–H groups in total. The summed E-state index contributed by atoms with van der Waals surface area (Å²) in [5.74, 6) is 0.0534. The van der Waals surface area contributed by atoms with E-state index in [9.17, 15) is 9.59 Å². The number of hydrogen-bond donors (Lipinski definition) is 1. The van der Waals surface area contributed by atoms with Crippen LogP contribution in [0.25, 0.3) is 0 Å². The Hall–Kier alpha value is -1.55. The standard InChI is InChI=1S/C14H19ClN2O2/c1-4-17(3)14(19)10(2)16-13(18)12-7-5-11(9-15)6-8-12/h5-8,10H,4,9H2,1-3H3,(H,16,18). The third-order valence-electron chi connectivity index (χ3n) is 2.94. The molecule has 1 aromatic carbocycles. The van der Waals surface area contributed by atoms with Gasteiger partial charge in [-0.3, -0.25) is 9.59 Å². The van der Waals surface area contributed by atoms with Gasteiger partial charge >= 0.3 is 0 Å².